The molecule has 1 aliphatic rings. The van der Waals surface area contributed by atoms with Crippen LogP contribution in [-0.2, 0) is 19.1 Å². The normalized spacial score (nSPS) is 13.4. The van der Waals surface area contributed by atoms with Crippen molar-refractivity contribution in [3.05, 3.63) is 35.9 Å². The third-order valence-electron chi connectivity index (χ3n) is 3.35. The average Bonchev–Trinajstić information content (AvgIpc) is 2.92. The Hall–Kier alpha value is -3.23. The Kier molecular flexibility index (Phi) is 6.21. The molecular weight excluding hydrogens is 330 g/mol. The minimum atomic E-state index is -0.740. The number of ether oxygens (including phenoxy) is 1. The number of nitrogens with one attached hydrogen (secondary N) is 2. The standard InChI is InChI=1S/C16H17N3O6/c20-12(18-15(23)11-5-2-1-3-6-11)10-25-14(22)7-4-8-19-13(21)9-17-16(19)24/h1-3,5-6H,4,7-10H2,(H,17,24)(H,18,20,23). The number of hydrogen-bond acceptors (Lipinski definition) is 6. The lowest BCUT2D eigenvalue weighted by Gasteiger charge is -2.11. The second-order valence-corrected chi connectivity index (χ2v) is 5.21. The monoisotopic (exact) mass is 347 g/mol. The fraction of sp³-hybridized carbons (Fsp3) is 0.312. The first kappa shape index (κ1) is 18.1. The average molecular weight is 347 g/mol. The maximum absolute atomic E-state index is 11.7. The number of nitrogens with zero attached hydrogens (tertiary/aromatic N) is 1. The van der Waals surface area contributed by atoms with Crippen molar-refractivity contribution in [3.8, 4) is 0 Å². The van der Waals surface area contributed by atoms with Crippen LogP contribution in [0.1, 0.15) is 23.2 Å². The van der Waals surface area contributed by atoms with E-state index in [1.807, 2.05) is 0 Å². The Labute approximate surface area is 143 Å². The van der Waals surface area contributed by atoms with Crippen molar-refractivity contribution in [3.63, 3.8) is 0 Å². The van der Waals surface area contributed by atoms with Crippen molar-refractivity contribution >= 4 is 29.7 Å². The van der Waals surface area contributed by atoms with Gasteiger partial charge in [-0.15, -0.1) is 0 Å². The Balaban J connectivity index is 1.64. The highest BCUT2D eigenvalue weighted by atomic mass is 16.5. The highest BCUT2D eigenvalue weighted by Gasteiger charge is 2.27. The molecule has 2 rings (SSSR count). The SMILES string of the molecule is O=C(COC(=O)CCCN1C(=O)CNC1=O)NC(=O)c1ccccc1. The first-order valence-electron chi connectivity index (χ1n) is 7.60. The van der Waals surface area contributed by atoms with Gasteiger partial charge in [0.2, 0.25) is 5.91 Å². The third-order valence-corrected chi connectivity index (χ3v) is 3.35. The Bertz CT molecular complexity index is 672. The van der Waals surface area contributed by atoms with Crippen molar-refractivity contribution in [2.75, 3.05) is 19.7 Å². The van der Waals surface area contributed by atoms with Crippen LogP contribution in [0.5, 0.6) is 0 Å². The van der Waals surface area contributed by atoms with Crippen LogP contribution in [0.15, 0.2) is 30.3 Å². The zero-order valence-corrected chi connectivity index (χ0v) is 13.3. The number of imide groups is 2. The molecule has 132 valence electrons. The van der Waals surface area contributed by atoms with Gasteiger partial charge in [0, 0.05) is 18.5 Å². The van der Waals surface area contributed by atoms with Crippen LogP contribution in [0.3, 0.4) is 0 Å². The fourth-order valence-corrected chi connectivity index (χ4v) is 2.11. The summed E-state index contributed by atoms with van der Waals surface area (Å²) >= 11 is 0. The highest BCUT2D eigenvalue weighted by molar-refractivity contribution is 6.05. The van der Waals surface area contributed by atoms with Crippen LogP contribution in [0.25, 0.3) is 0 Å². The minimum Gasteiger partial charge on any atom is -0.456 e. The van der Waals surface area contributed by atoms with Crippen LogP contribution in [-0.4, -0.2) is 54.3 Å². The molecule has 0 atom stereocenters. The van der Waals surface area contributed by atoms with Crippen molar-refractivity contribution in [1.29, 1.82) is 0 Å². The van der Waals surface area contributed by atoms with Crippen molar-refractivity contribution in [2.45, 2.75) is 12.8 Å². The second kappa shape index (κ2) is 8.57. The summed E-state index contributed by atoms with van der Waals surface area (Å²) in [5, 5.41) is 4.47. The van der Waals surface area contributed by atoms with Gasteiger partial charge in [-0.2, -0.15) is 0 Å². The van der Waals surface area contributed by atoms with Gasteiger partial charge in [-0.1, -0.05) is 18.2 Å². The molecule has 0 saturated carbocycles. The number of amides is 5. The summed E-state index contributed by atoms with van der Waals surface area (Å²) in [5.74, 6) is -2.33. The van der Waals surface area contributed by atoms with Gasteiger partial charge < -0.3 is 10.1 Å². The molecule has 0 bridgehead atoms. The predicted octanol–water partition coefficient (Wildman–Crippen LogP) is -0.182. The molecule has 0 radical (unpaired) electrons. The summed E-state index contributed by atoms with van der Waals surface area (Å²) in [6.07, 6.45) is 0.166. The second-order valence-electron chi connectivity index (χ2n) is 5.21. The van der Waals surface area contributed by atoms with E-state index in [1.54, 1.807) is 30.3 Å². The van der Waals surface area contributed by atoms with Gasteiger partial charge in [0.15, 0.2) is 6.61 Å². The zero-order valence-electron chi connectivity index (χ0n) is 13.3. The van der Waals surface area contributed by atoms with Gasteiger partial charge >= 0.3 is 12.0 Å². The molecule has 0 aliphatic carbocycles. The number of urea groups is 1. The van der Waals surface area contributed by atoms with Gasteiger partial charge in [-0.25, -0.2) is 4.79 Å². The minimum absolute atomic E-state index is 0.0428. The van der Waals surface area contributed by atoms with E-state index in [9.17, 15) is 24.0 Å². The van der Waals surface area contributed by atoms with E-state index in [1.165, 1.54) is 0 Å². The predicted molar refractivity (Wildman–Crippen MR) is 84.2 cm³/mol. The number of rotatable bonds is 7. The lowest BCUT2D eigenvalue weighted by Crippen LogP contribution is -2.34. The summed E-state index contributed by atoms with van der Waals surface area (Å²) in [6, 6.07) is 7.65. The van der Waals surface area contributed by atoms with Crippen molar-refractivity contribution in [2.24, 2.45) is 0 Å². The molecule has 1 aromatic rings. The highest BCUT2D eigenvalue weighted by Crippen LogP contribution is 2.03. The smallest absolute Gasteiger partial charge is 0.324 e. The summed E-state index contributed by atoms with van der Waals surface area (Å²) in [5.41, 5.74) is 0.315. The topological polar surface area (TPSA) is 122 Å². The third kappa shape index (κ3) is 5.41. The fourth-order valence-electron chi connectivity index (χ4n) is 2.11. The van der Waals surface area contributed by atoms with Gasteiger partial charge in [-0.05, 0) is 18.6 Å². The summed E-state index contributed by atoms with van der Waals surface area (Å²) < 4.78 is 4.75. The summed E-state index contributed by atoms with van der Waals surface area (Å²) in [7, 11) is 0. The Morgan fingerprint density at radius 1 is 1.16 bits per heavy atom. The van der Waals surface area contributed by atoms with Gasteiger partial charge in [0.1, 0.15) is 0 Å². The number of hydrogen-bond donors (Lipinski definition) is 2. The van der Waals surface area contributed by atoms with Crippen molar-refractivity contribution in [1.82, 2.24) is 15.5 Å². The maximum Gasteiger partial charge on any atom is 0.324 e. The molecular formula is C16H17N3O6. The van der Waals surface area contributed by atoms with E-state index in [2.05, 4.69) is 10.6 Å². The molecule has 0 spiro atoms. The van der Waals surface area contributed by atoms with E-state index >= 15 is 0 Å². The molecule has 1 aromatic carbocycles. The summed E-state index contributed by atoms with van der Waals surface area (Å²) in [4.78, 5) is 58.5. The zero-order chi connectivity index (χ0) is 18.2. The van der Waals surface area contributed by atoms with E-state index in [0.29, 0.717) is 5.56 Å². The maximum atomic E-state index is 11.7. The molecule has 0 aromatic heterocycles. The van der Waals surface area contributed by atoms with E-state index < -0.39 is 30.4 Å². The quantitative estimate of drug-likeness (QED) is 0.521. The first-order valence-corrected chi connectivity index (χ1v) is 7.60. The lowest BCUT2D eigenvalue weighted by atomic mass is 10.2. The van der Waals surface area contributed by atoms with Crippen LogP contribution >= 0.6 is 0 Å². The molecule has 25 heavy (non-hydrogen) atoms. The molecule has 5 amide bonds. The lowest BCUT2D eigenvalue weighted by molar-refractivity contribution is -0.148. The van der Waals surface area contributed by atoms with E-state index in [-0.39, 0.29) is 31.8 Å². The largest absolute Gasteiger partial charge is 0.456 e. The van der Waals surface area contributed by atoms with Gasteiger partial charge in [0.05, 0.1) is 6.54 Å². The molecule has 0 unspecified atom stereocenters. The van der Waals surface area contributed by atoms with Gasteiger partial charge in [0.25, 0.3) is 11.8 Å². The Morgan fingerprint density at radius 3 is 2.52 bits per heavy atom. The Morgan fingerprint density at radius 2 is 1.88 bits per heavy atom. The molecule has 1 saturated heterocycles. The van der Waals surface area contributed by atoms with Crippen molar-refractivity contribution < 1.29 is 28.7 Å². The van der Waals surface area contributed by atoms with Crippen LogP contribution in [0.2, 0.25) is 0 Å². The molecule has 1 fully saturated rings. The van der Waals surface area contributed by atoms with Crippen LogP contribution < -0.4 is 10.6 Å². The molecule has 1 aliphatic heterocycles. The molecule has 9 nitrogen and oxygen atoms in total. The summed E-state index contributed by atoms with van der Waals surface area (Å²) in [6.45, 7) is -0.530. The number of benzene rings is 1. The molecule has 2 N–H and O–H groups in total. The van der Waals surface area contributed by atoms with Crippen LogP contribution in [0.4, 0.5) is 4.79 Å². The number of esters is 1. The molecule has 1 heterocycles. The van der Waals surface area contributed by atoms with Gasteiger partial charge in [-0.3, -0.25) is 29.4 Å². The first-order chi connectivity index (χ1) is 12.0. The number of carbonyl (C=O) groups is 5. The van der Waals surface area contributed by atoms with E-state index in [4.69, 9.17) is 4.74 Å². The molecule has 9 heteroatoms. The number of carbonyl (C=O) groups excluding carboxylic acids is 5. The van der Waals surface area contributed by atoms with E-state index in [0.717, 1.165) is 4.90 Å². The van der Waals surface area contributed by atoms with Crippen LogP contribution in [0, 0.1) is 0 Å².